The highest BCUT2D eigenvalue weighted by atomic mass is 35.5. The van der Waals surface area contributed by atoms with E-state index in [1.54, 1.807) is 0 Å². The van der Waals surface area contributed by atoms with E-state index in [9.17, 15) is 0 Å². The van der Waals surface area contributed by atoms with E-state index in [0.717, 1.165) is 19.3 Å². The molecule has 1 saturated carbocycles. The summed E-state index contributed by atoms with van der Waals surface area (Å²) in [6.45, 7) is 0. The molecule has 2 unspecified atom stereocenters. The Hall–Kier alpha value is 0.900. The second-order valence-electron chi connectivity index (χ2n) is 3.49. The minimum Gasteiger partial charge on any atom is -0.0950 e. The number of rotatable bonds is 0. The smallest absolute Gasteiger partial charge is 0.0950 e. The highest BCUT2D eigenvalue weighted by Crippen LogP contribution is 2.57. The highest BCUT2D eigenvalue weighted by Gasteiger charge is 2.49. The Morgan fingerprint density at radius 3 is 2.50 bits per heavy atom. The van der Waals surface area contributed by atoms with Gasteiger partial charge in [0.2, 0.25) is 0 Å². The van der Waals surface area contributed by atoms with E-state index in [0.29, 0.717) is 21.9 Å². The van der Waals surface area contributed by atoms with E-state index in [1.807, 2.05) is 0 Å². The molecule has 4 heteroatoms. The van der Waals surface area contributed by atoms with E-state index < -0.39 is 4.33 Å². The molecule has 2 aliphatic rings. The number of halogens is 4. The number of fused-ring (bicyclic) bond motifs is 2. The van der Waals surface area contributed by atoms with E-state index in [-0.39, 0.29) is 0 Å². The Morgan fingerprint density at radius 2 is 1.83 bits per heavy atom. The first kappa shape index (κ1) is 9.45. The van der Waals surface area contributed by atoms with Gasteiger partial charge in [0, 0.05) is 5.03 Å². The molecule has 0 nitrogen and oxygen atoms in total. The fraction of sp³-hybridized carbons (Fsp3) is 0.750. The van der Waals surface area contributed by atoms with Gasteiger partial charge in [-0.15, -0.1) is 0 Å². The van der Waals surface area contributed by atoms with Crippen LogP contribution in [0.3, 0.4) is 0 Å². The van der Waals surface area contributed by atoms with Crippen molar-refractivity contribution in [2.75, 3.05) is 0 Å². The highest BCUT2D eigenvalue weighted by molar-refractivity contribution is 6.58. The molecule has 0 aliphatic heterocycles. The van der Waals surface area contributed by atoms with Crippen LogP contribution in [0.5, 0.6) is 0 Å². The van der Waals surface area contributed by atoms with E-state index in [4.69, 9.17) is 46.4 Å². The second-order valence-corrected chi connectivity index (χ2v) is 5.66. The molecule has 1 fully saturated rings. The minimum absolute atomic E-state index is 0.292. The predicted molar refractivity (Wildman–Crippen MR) is 54.0 cm³/mol. The van der Waals surface area contributed by atoms with Crippen LogP contribution in [-0.2, 0) is 0 Å². The van der Waals surface area contributed by atoms with Crippen LogP contribution in [0, 0.1) is 11.8 Å². The molecular weight excluding hydrogens is 238 g/mol. The van der Waals surface area contributed by atoms with Crippen LogP contribution in [0.15, 0.2) is 10.1 Å². The standard InChI is InChI=1S/C8H8Cl4/c9-6-4-1-2-5(3-4)8(11,12)7(6)10/h4-5H,1-3H2. The summed E-state index contributed by atoms with van der Waals surface area (Å²) < 4.78 is -0.925. The zero-order chi connectivity index (χ0) is 8.93. The van der Waals surface area contributed by atoms with Gasteiger partial charge in [-0.25, -0.2) is 0 Å². The number of alkyl halides is 2. The first-order valence-corrected chi connectivity index (χ1v) is 5.48. The molecule has 2 atom stereocenters. The first-order chi connectivity index (χ1) is 5.53. The number of allylic oxidation sites excluding steroid dienone is 2. The van der Waals surface area contributed by atoms with Crippen molar-refractivity contribution in [3.63, 3.8) is 0 Å². The van der Waals surface area contributed by atoms with Crippen molar-refractivity contribution in [2.24, 2.45) is 11.8 Å². The third-order valence-corrected chi connectivity index (χ3v) is 5.09. The van der Waals surface area contributed by atoms with E-state index in [1.165, 1.54) is 0 Å². The van der Waals surface area contributed by atoms with Crippen molar-refractivity contribution < 1.29 is 0 Å². The van der Waals surface area contributed by atoms with Crippen LogP contribution < -0.4 is 0 Å². The van der Waals surface area contributed by atoms with Gasteiger partial charge < -0.3 is 0 Å². The fourth-order valence-electron chi connectivity index (χ4n) is 2.06. The van der Waals surface area contributed by atoms with Crippen molar-refractivity contribution in [2.45, 2.75) is 23.6 Å². The summed E-state index contributed by atoms with van der Waals surface area (Å²) in [6.07, 6.45) is 3.09. The summed E-state index contributed by atoms with van der Waals surface area (Å²) in [4.78, 5) is 0. The lowest BCUT2D eigenvalue weighted by Gasteiger charge is -2.31. The topological polar surface area (TPSA) is 0 Å². The Bertz CT molecular complexity index is 243. The van der Waals surface area contributed by atoms with Crippen molar-refractivity contribution >= 4 is 46.4 Å². The van der Waals surface area contributed by atoms with Gasteiger partial charge in [0.15, 0.2) is 4.33 Å². The van der Waals surface area contributed by atoms with Gasteiger partial charge in [-0.05, 0) is 31.1 Å². The molecule has 0 aromatic heterocycles. The lowest BCUT2D eigenvalue weighted by molar-refractivity contribution is 0.485. The molecule has 68 valence electrons. The van der Waals surface area contributed by atoms with Crippen molar-refractivity contribution in [1.29, 1.82) is 0 Å². The Morgan fingerprint density at radius 1 is 1.17 bits per heavy atom. The first-order valence-electron chi connectivity index (χ1n) is 3.97. The van der Waals surface area contributed by atoms with Crippen LogP contribution >= 0.6 is 46.4 Å². The van der Waals surface area contributed by atoms with Gasteiger partial charge in [0.05, 0.1) is 5.03 Å². The van der Waals surface area contributed by atoms with Crippen molar-refractivity contribution in [3.05, 3.63) is 10.1 Å². The maximum Gasteiger partial charge on any atom is 0.157 e. The van der Waals surface area contributed by atoms with Crippen LogP contribution in [0.25, 0.3) is 0 Å². The quantitative estimate of drug-likeness (QED) is 0.559. The van der Waals surface area contributed by atoms with Gasteiger partial charge in [-0.2, -0.15) is 0 Å². The van der Waals surface area contributed by atoms with Gasteiger partial charge in [0.25, 0.3) is 0 Å². The van der Waals surface area contributed by atoms with Gasteiger partial charge in [0.1, 0.15) is 0 Å². The van der Waals surface area contributed by atoms with E-state index in [2.05, 4.69) is 0 Å². The molecule has 12 heavy (non-hydrogen) atoms. The zero-order valence-electron chi connectivity index (χ0n) is 6.29. The van der Waals surface area contributed by atoms with Crippen LogP contribution in [0.4, 0.5) is 0 Å². The summed E-state index contributed by atoms with van der Waals surface area (Å²) in [5, 5.41) is 1.13. The van der Waals surface area contributed by atoms with Crippen molar-refractivity contribution in [1.82, 2.24) is 0 Å². The van der Waals surface area contributed by atoms with Gasteiger partial charge in [-0.1, -0.05) is 46.4 Å². The molecule has 0 aromatic carbocycles. The maximum absolute atomic E-state index is 6.10. The summed E-state index contributed by atoms with van der Waals surface area (Å²) in [6, 6.07) is 0. The molecule has 0 aromatic rings. The largest absolute Gasteiger partial charge is 0.157 e. The maximum atomic E-state index is 6.10. The summed E-state index contributed by atoms with van der Waals surface area (Å²) in [5.74, 6) is 0.704. The average Bonchev–Trinajstić information content (AvgIpc) is 2.46. The van der Waals surface area contributed by atoms with Gasteiger partial charge in [-0.3, -0.25) is 0 Å². The zero-order valence-corrected chi connectivity index (χ0v) is 9.31. The Balaban J connectivity index is 2.44. The third-order valence-electron chi connectivity index (χ3n) is 2.81. The summed E-state index contributed by atoms with van der Waals surface area (Å²) in [5.41, 5.74) is 0. The van der Waals surface area contributed by atoms with Crippen LogP contribution in [0.1, 0.15) is 19.3 Å². The molecule has 0 radical (unpaired) electrons. The van der Waals surface area contributed by atoms with Crippen molar-refractivity contribution in [3.8, 4) is 0 Å². The van der Waals surface area contributed by atoms with Crippen LogP contribution in [-0.4, -0.2) is 4.33 Å². The monoisotopic (exact) mass is 244 g/mol. The molecule has 2 bridgehead atoms. The number of hydrogen-bond donors (Lipinski definition) is 0. The molecule has 0 spiro atoms. The summed E-state index contributed by atoms with van der Waals surface area (Å²) in [7, 11) is 0. The molecule has 2 aliphatic carbocycles. The molecule has 2 rings (SSSR count). The van der Waals surface area contributed by atoms with Gasteiger partial charge >= 0.3 is 0 Å². The van der Waals surface area contributed by atoms with E-state index >= 15 is 0 Å². The minimum atomic E-state index is -0.925. The third kappa shape index (κ3) is 1.19. The lowest BCUT2D eigenvalue weighted by Crippen LogP contribution is -2.28. The predicted octanol–water partition coefficient (Wildman–Crippen LogP) is 4.28. The Kier molecular flexibility index (Phi) is 2.32. The normalized spacial score (nSPS) is 39.0. The lowest BCUT2D eigenvalue weighted by atomic mass is 9.94. The fourth-order valence-corrected chi connectivity index (χ4v) is 3.41. The SMILES string of the molecule is ClC1=C(Cl)C(Cl)(Cl)C2CCC1C2. The molecule has 0 N–H and O–H groups in total. The Labute approximate surface area is 91.8 Å². The molecule has 0 heterocycles. The molecule has 0 saturated heterocycles. The molecular formula is C8H8Cl4. The molecule has 0 amide bonds. The van der Waals surface area contributed by atoms with Crippen LogP contribution in [0.2, 0.25) is 0 Å². The summed E-state index contributed by atoms with van der Waals surface area (Å²) >= 11 is 24.2. The second kappa shape index (κ2) is 2.95. The average molecular weight is 246 g/mol. The number of hydrogen-bond acceptors (Lipinski definition) is 0.